The van der Waals surface area contributed by atoms with Crippen molar-refractivity contribution in [2.45, 2.75) is 6.92 Å². The van der Waals surface area contributed by atoms with E-state index in [-0.39, 0.29) is 5.56 Å². The molecule has 1 aromatic carbocycles. The molecule has 0 spiro atoms. The molecule has 0 atom stereocenters. The maximum atomic E-state index is 11.0. The molecule has 0 aliphatic rings. The van der Waals surface area contributed by atoms with Crippen molar-refractivity contribution in [2.75, 3.05) is 5.01 Å². The van der Waals surface area contributed by atoms with Gasteiger partial charge >= 0.3 is 5.97 Å². The predicted octanol–water partition coefficient (Wildman–Crippen LogP) is 2.38. The van der Waals surface area contributed by atoms with Gasteiger partial charge in [0.2, 0.25) is 0 Å². The van der Waals surface area contributed by atoms with Crippen LogP contribution in [0.1, 0.15) is 21.5 Å². The van der Waals surface area contributed by atoms with Gasteiger partial charge < -0.3 is 10.8 Å². The first-order valence-corrected chi connectivity index (χ1v) is 6.73. The Morgan fingerprint density at radius 2 is 2.00 bits per heavy atom. The number of nitrogens with zero attached hydrogens (tertiary/aromatic N) is 2. The Hall–Kier alpha value is -2.57. The van der Waals surface area contributed by atoms with Crippen molar-refractivity contribution in [3.05, 3.63) is 64.6 Å². The van der Waals surface area contributed by atoms with Crippen LogP contribution >= 0.6 is 11.6 Å². The second-order valence-corrected chi connectivity index (χ2v) is 5.05. The van der Waals surface area contributed by atoms with E-state index in [4.69, 9.17) is 28.3 Å². The highest BCUT2D eigenvalue weighted by atomic mass is 35.5. The highest BCUT2D eigenvalue weighted by Gasteiger charge is 2.10. The molecule has 2 aromatic rings. The van der Waals surface area contributed by atoms with Crippen LogP contribution < -0.4 is 16.6 Å². The Labute approximate surface area is 132 Å². The third kappa shape index (κ3) is 3.55. The molecule has 1 heterocycles. The van der Waals surface area contributed by atoms with E-state index in [1.807, 2.05) is 6.92 Å². The zero-order valence-corrected chi connectivity index (χ0v) is 12.6. The van der Waals surface area contributed by atoms with E-state index in [1.54, 1.807) is 18.2 Å². The molecule has 1 aromatic heterocycles. The largest absolute Gasteiger partial charge is 0.478 e. The van der Waals surface area contributed by atoms with Crippen LogP contribution in [0.25, 0.3) is 5.70 Å². The number of carbonyl (C=O) groups is 1. The smallest absolute Gasteiger partial charge is 0.335 e. The van der Waals surface area contributed by atoms with Crippen molar-refractivity contribution < 1.29 is 9.90 Å². The van der Waals surface area contributed by atoms with Gasteiger partial charge in [-0.05, 0) is 36.8 Å². The molecule has 0 aliphatic carbocycles. The fourth-order valence-corrected chi connectivity index (χ4v) is 1.97. The van der Waals surface area contributed by atoms with Gasteiger partial charge in [0.05, 0.1) is 16.9 Å². The lowest BCUT2D eigenvalue weighted by Crippen LogP contribution is -2.26. The number of hydrogen-bond donors (Lipinski definition) is 3. The first-order valence-electron chi connectivity index (χ1n) is 6.35. The van der Waals surface area contributed by atoms with Gasteiger partial charge in [0.25, 0.3) is 0 Å². The van der Waals surface area contributed by atoms with Gasteiger partial charge in [-0.3, -0.25) is 5.01 Å². The average molecular weight is 319 g/mol. The molecule has 0 unspecified atom stereocenters. The summed E-state index contributed by atoms with van der Waals surface area (Å²) in [5.74, 6) is 4.95. The van der Waals surface area contributed by atoms with Crippen LogP contribution in [0.15, 0.2) is 42.7 Å². The summed E-state index contributed by atoms with van der Waals surface area (Å²) in [6.45, 7) is 1.83. The fraction of sp³-hybridized carbons (Fsp3) is 0.0667. The number of hydrogen-bond acceptors (Lipinski definition) is 5. The molecule has 0 saturated carbocycles. The van der Waals surface area contributed by atoms with Crippen molar-refractivity contribution in [3.63, 3.8) is 0 Å². The Bertz CT molecular complexity index is 729. The zero-order chi connectivity index (χ0) is 16.3. The zero-order valence-electron chi connectivity index (χ0n) is 11.8. The molecule has 0 fully saturated rings. The van der Waals surface area contributed by atoms with Crippen LogP contribution in [0.4, 0.5) is 5.69 Å². The minimum absolute atomic E-state index is 0.149. The molecule has 5 N–H and O–H groups in total. The average Bonchev–Trinajstić information content (AvgIpc) is 2.47. The first-order chi connectivity index (χ1) is 10.4. The van der Waals surface area contributed by atoms with Crippen molar-refractivity contribution in [2.24, 2.45) is 11.6 Å². The summed E-state index contributed by atoms with van der Waals surface area (Å²) in [5, 5.41) is 10.7. The van der Waals surface area contributed by atoms with Crippen molar-refractivity contribution in [3.8, 4) is 0 Å². The van der Waals surface area contributed by atoms with Gasteiger partial charge in [-0.1, -0.05) is 17.7 Å². The van der Waals surface area contributed by atoms with E-state index in [0.29, 0.717) is 22.1 Å². The van der Waals surface area contributed by atoms with E-state index in [0.717, 1.165) is 5.56 Å². The highest BCUT2D eigenvalue weighted by molar-refractivity contribution is 6.29. The topological polar surface area (TPSA) is 105 Å². The maximum Gasteiger partial charge on any atom is 0.335 e. The lowest BCUT2D eigenvalue weighted by atomic mass is 10.1. The number of carboxylic acids is 1. The van der Waals surface area contributed by atoms with Gasteiger partial charge in [-0.25, -0.2) is 15.6 Å². The number of carboxylic acid groups (broad SMARTS) is 1. The number of halogens is 1. The quantitative estimate of drug-likeness (QED) is 0.454. The van der Waals surface area contributed by atoms with Crippen molar-refractivity contribution in [1.82, 2.24) is 4.98 Å². The standard InChI is InChI=1S/C15H15ClN4O2/c1-9-2-3-10(15(21)22)6-13(9)20(18)8-12(17)11-4-5-14(16)19-7-11/h2-8H,17-18H2,1H3,(H,21,22)/b12-8-. The number of anilines is 1. The molecule has 0 saturated heterocycles. The molecule has 0 amide bonds. The number of nitrogens with two attached hydrogens (primary N) is 2. The van der Waals surface area contributed by atoms with Gasteiger partial charge in [0, 0.05) is 18.0 Å². The number of aromatic nitrogens is 1. The summed E-state index contributed by atoms with van der Waals surface area (Å²) in [6.07, 6.45) is 3.03. The molecule has 114 valence electrons. The van der Waals surface area contributed by atoms with E-state index in [9.17, 15) is 4.79 Å². The summed E-state index contributed by atoms with van der Waals surface area (Å²) in [4.78, 5) is 15.0. The lowest BCUT2D eigenvalue weighted by Gasteiger charge is -2.18. The predicted molar refractivity (Wildman–Crippen MR) is 86.2 cm³/mol. The molecule has 0 radical (unpaired) electrons. The second kappa shape index (κ2) is 6.46. The van der Waals surface area contributed by atoms with Crippen LogP contribution in [0, 0.1) is 6.92 Å². The van der Waals surface area contributed by atoms with Crippen LogP contribution in [0.2, 0.25) is 5.15 Å². The third-order valence-corrected chi connectivity index (χ3v) is 3.30. The second-order valence-electron chi connectivity index (χ2n) is 4.67. The number of benzene rings is 1. The number of pyridine rings is 1. The minimum Gasteiger partial charge on any atom is -0.478 e. The molecular formula is C15H15ClN4O2. The number of rotatable bonds is 4. The Balaban J connectivity index is 2.33. The first kappa shape index (κ1) is 15.8. The summed E-state index contributed by atoms with van der Waals surface area (Å²) in [5.41, 5.74) is 8.53. The molecule has 2 rings (SSSR count). The molecule has 0 bridgehead atoms. The molecule has 22 heavy (non-hydrogen) atoms. The minimum atomic E-state index is -1.02. The van der Waals surface area contributed by atoms with E-state index in [2.05, 4.69) is 4.98 Å². The Morgan fingerprint density at radius 1 is 1.32 bits per heavy atom. The highest BCUT2D eigenvalue weighted by Crippen LogP contribution is 2.21. The summed E-state index contributed by atoms with van der Waals surface area (Å²) in [6, 6.07) is 8.03. The van der Waals surface area contributed by atoms with Crippen LogP contribution in [-0.2, 0) is 0 Å². The van der Waals surface area contributed by atoms with Crippen molar-refractivity contribution >= 4 is 29.0 Å². The summed E-state index contributed by atoms with van der Waals surface area (Å²) < 4.78 is 0. The fourth-order valence-electron chi connectivity index (χ4n) is 1.86. The van der Waals surface area contributed by atoms with E-state index in [1.165, 1.54) is 29.5 Å². The van der Waals surface area contributed by atoms with Gasteiger partial charge in [0.1, 0.15) is 5.15 Å². The molecule has 7 heteroatoms. The van der Waals surface area contributed by atoms with Crippen molar-refractivity contribution in [1.29, 1.82) is 0 Å². The number of hydrazine groups is 1. The van der Waals surface area contributed by atoms with Crippen LogP contribution in [0.5, 0.6) is 0 Å². The summed E-state index contributed by atoms with van der Waals surface area (Å²) >= 11 is 5.72. The number of aromatic carboxylic acids is 1. The molecule has 0 aliphatic heterocycles. The summed E-state index contributed by atoms with van der Waals surface area (Å²) in [7, 11) is 0. The normalized spacial score (nSPS) is 11.3. The molecular weight excluding hydrogens is 304 g/mol. The maximum absolute atomic E-state index is 11.0. The van der Waals surface area contributed by atoms with Gasteiger partial charge in [0.15, 0.2) is 0 Å². The lowest BCUT2D eigenvalue weighted by molar-refractivity contribution is 0.0697. The van der Waals surface area contributed by atoms with Crippen LogP contribution in [-0.4, -0.2) is 16.1 Å². The number of aryl methyl sites for hydroxylation is 1. The Morgan fingerprint density at radius 3 is 2.59 bits per heavy atom. The van der Waals surface area contributed by atoms with E-state index < -0.39 is 5.97 Å². The Kier molecular flexibility index (Phi) is 4.65. The SMILES string of the molecule is Cc1ccc(C(=O)O)cc1N(N)/C=C(\N)c1ccc(Cl)nc1. The van der Waals surface area contributed by atoms with Gasteiger partial charge in [-0.15, -0.1) is 0 Å². The van der Waals surface area contributed by atoms with E-state index >= 15 is 0 Å². The monoisotopic (exact) mass is 318 g/mol. The van der Waals surface area contributed by atoms with Crippen LogP contribution in [0.3, 0.4) is 0 Å². The van der Waals surface area contributed by atoms with Gasteiger partial charge in [-0.2, -0.15) is 0 Å². The molecule has 6 nitrogen and oxygen atoms in total. The third-order valence-electron chi connectivity index (χ3n) is 3.07.